The van der Waals surface area contributed by atoms with Gasteiger partial charge in [0.05, 0.1) is 19.3 Å². The highest BCUT2D eigenvalue weighted by atomic mass is 16.6. The van der Waals surface area contributed by atoms with Gasteiger partial charge in [0.2, 0.25) is 0 Å². The van der Waals surface area contributed by atoms with Crippen LogP contribution in [-0.4, -0.2) is 67.2 Å². The molecule has 1 aliphatic heterocycles. The SMILES string of the molecule is CC(C)(C)OC(=O)NC[C@@H](O)CN1CCOCC1. The Bertz CT molecular complexity index is 259. The van der Waals surface area contributed by atoms with E-state index in [9.17, 15) is 9.90 Å². The van der Waals surface area contributed by atoms with Crippen LogP contribution in [0.3, 0.4) is 0 Å². The molecule has 0 bridgehead atoms. The van der Waals surface area contributed by atoms with E-state index in [1.807, 2.05) is 0 Å². The molecule has 1 saturated heterocycles. The van der Waals surface area contributed by atoms with Gasteiger partial charge in [-0.15, -0.1) is 0 Å². The van der Waals surface area contributed by atoms with Crippen LogP contribution in [0.4, 0.5) is 4.79 Å². The minimum atomic E-state index is -0.587. The number of carbonyl (C=O) groups excluding carboxylic acids is 1. The maximum Gasteiger partial charge on any atom is 0.407 e. The normalized spacial score (nSPS) is 19.3. The number of amides is 1. The summed E-state index contributed by atoms with van der Waals surface area (Å²) in [5.74, 6) is 0. The lowest BCUT2D eigenvalue weighted by molar-refractivity contribution is 0.0128. The molecule has 106 valence electrons. The molecule has 0 aromatic heterocycles. The smallest absolute Gasteiger partial charge is 0.407 e. The molecule has 0 aromatic carbocycles. The van der Waals surface area contributed by atoms with Crippen LogP contribution in [0.1, 0.15) is 20.8 Å². The van der Waals surface area contributed by atoms with E-state index in [0.29, 0.717) is 19.8 Å². The van der Waals surface area contributed by atoms with Gasteiger partial charge in [0.25, 0.3) is 0 Å². The van der Waals surface area contributed by atoms with E-state index in [-0.39, 0.29) is 6.54 Å². The average molecular weight is 260 g/mol. The number of morpholine rings is 1. The third kappa shape index (κ3) is 6.78. The fourth-order valence-electron chi connectivity index (χ4n) is 1.66. The Balaban J connectivity index is 2.16. The van der Waals surface area contributed by atoms with E-state index < -0.39 is 17.8 Å². The summed E-state index contributed by atoms with van der Waals surface area (Å²) in [6.45, 7) is 9.20. The summed E-state index contributed by atoms with van der Waals surface area (Å²) >= 11 is 0. The van der Waals surface area contributed by atoms with Gasteiger partial charge < -0.3 is 19.9 Å². The van der Waals surface area contributed by atoms with Gasteiger partial charge in [-0.25, -0.2) is 4.79 Å². The molecule has 1 atom stereocenters. The number of ether oxygens (including phenoxy) is 2. The topological polar surface area (TPSA) is 71.0 Å². The number of aliphatic hydroxyl groups is 1. The summed E-state index contributed by atoms with van der Waals surface area (Å²) in [6, 6.07) is 0. The summed E-state index contributed by atoms with van der Waals surface area (Å²) in [4.78, 5) is 13.5. The standard InChI is InChI=1S/C12H24N2O4/c1-12(2,3)18-11(16)13-8-10(15)9-14-4-6-17-7-5-14/h10,15H,4-9H2,1-3H3,(H,13,16)/t10-/m1/s1. The van der Waals surface area contributed by atoms with Crippen molar-refractivity contribution >= 4 is 6.09 Å². The molecular weight excluding hydrogens is 236 g/mol. The lowest BCUT2D eigenvalue weighted by atomic mass is 10.2. The first-order valence-electron chi connectivity index (χ1n) is 6.32. The summed E-state index contributed by atoms with van der Waals surface area (Å²) in [5, 5.41) is 12.4. The van der Waals surface area contributed by atoms with Crippen LogP contribution < -0.4 is 5.32 Å². The summed E-state index contributed by atoms with van der Waals surface area (Å²) < 4.78 is 10.3. The maximum absolute atomic E-state index is 11.4. The highest BCUT2D eigenvalue weighted by Gasteiger charge is 2.18. The molecule has 0 unspecified atom stereocenters. The zero-order chi connectivity index (χ0) is 13.6. The van der Waals surface area contributed by atoms with E-state index >= 15 is 0 Å². The molecule has 6 nitrogen and oxygen atoms in total. The third-order valence-corrected chi connectivity index (χ3v) is 2.45. The number of aliphatic hydroxyl groups excluding tert-OH is 1. The van der Waals surface area contributed by atoms with Crippen molar-refractivity contribution in [3.05, 3.63) is 0 Å². The second-order valence-corrected chi connectivity index (χ2v) is 5.45. The van der Waals surface area contributed by atoms with Crippen molar-refractivity contribution in [3.63, 3.8) is 0 Å². The number of nitrogens with one attached hydrogen (secondary N) is 1. The van der Waals surface area contributed by atoms with E-state index in [1.54, 1.807) is 20.8 Å². The zero-order valence-corrected chi connectivity index (χ0v) is 11.4. The summed E-state index contributed by atoms with van der Waals surface area (Å²) in [7, 11) is 0. The Morgan fingerprint density at radius 2 is 2.06 bits per heavy atom. The second kappa shape index (κ2) is 6.92. The molecule has 1 heterocycles. The lowest BCUT2D eigenvalue weighted by Crippen LogP contribution is -2.45. The lowest BCUT2D eigenvalue weighted by Gasteiger charge is -2.28. The van der Waals surface area contributed by atoms with Crippen LogP contribution in [-0.2, 0) is 9.47 Å². The number of β-amino-alcohol motifs (C(OH)–C–C–N with tert-alkyl or cyclic N) is 1. The quantitative estimate of drug-likeness (QED) is 0.756. The van der Waals surface area contributed by atoms with Gasteiger partial charge in [-0.2, -0.15) is 0 Å². The molecule has 6 heteroatoms. The maximum atomic E-state index is 11.4. The summed E-state index contributed by atoms with van der Waals surface area (Å²) in [5.41, 5.74) is -0.515. The van der Waals surface area contributed by atoms with Crippen molar-refractivity contribution in [2.24, 2.45) is 0 Å². The van der Waals surface area contributed by atoms with E-state index in [0.717, 1.165) is 13.1 Å². The van der Waals surface area contributed by atoms with Crippen molar-refractivity contribution in [1.82, 2.24) is 10.2 Å². The van der Waals surface area contributed by atoms with Crippen molar-refractivity contribution in [2.45, 2.75) is 32.5 Å². The van der Waals surface area contributed by atoms with Gasteiger partial charge in [0, 0.05) is 26.2 Å². The molecule has 1 rings (SSSR count). The van der Waals surface area contributed by atoms with Crippen LogP contribution >= 0.6 is 0 Å². The first-order valence-corrected chi connectivity index (χ1v) is 6.32. The second-order valence-electron chi connectivity index (χ2n) is 5.45. The number of rotatable bonds is 4. The molecule has 2 N–H and O–H groups in total. The van der Waals surface area contributed by atoms with Crippen LogP contribution in [0.5, 0.6) is 0 Å². The predicted octanol–water partition coefficient (Wildman–Crippen LogP) is 0.204. The molecule has 0 aliphatic carbocycles. The molecular formula is C12H24N2O4. The van der Waals surface area contributed by atoms with E-state index in [2.05, 4.69) is 10.2 Å². The Hall–Kier alpha value is -0.850. The molecule has 1 amide bonds. The minimum Gasteiger partial charge on any atom is -0.444 e. The minimum absolute atomic E-state index is 0.201. The first kappa shape index (κ1) is 15.2. The Morgan fingerprint density at radius 3 is 2.61 bits per heavy atom. The van der Waals surface area contributed by atoms with Gasteiger partial charge in [0.15, 0.2) is 0 Å². The third-order valence-electron chi connectivity index (χ3n) is 2.45. The van der Waals surface area contributed by atoms with E-state index in [4.69, 9.17) is 9.47 Å². The molecule has 0 aromatic rings. The predicted molar refractivity (Wildman–Crippen MR) is 67.5 cm³/mol. The van der Waals surface area contributed by atoms with Gasteiger partial charge in [-0.3, -0.25) is 4.90 Å². The fourth-order valence-corrected chi connectivity index (χ4v) is 1.66. The van der Waals surface area contributed by atoms with Crippen molar-refractivity contribution in [3.8, 4) is 0 Å². The number of alkyl carbamates (subject to hydrolysis) is 1. The van der Waals surface area contributed by atoms with Gasteiger partial charge in [0.1, 0.15) is 5.60 Å². The van der Waals surface area contributed by atoms with Crippen LogP contribution in [0, 0.1) is 0 Å². The van der Waals surface area contributed by atoms with Crippen LogP contribution in [0.15, 0.2) is 0 Å². The van der Waals surface area contributed by atoms with Crippen LogP contribution in [0.25, 0.3) is 0 Å². The highest BCUT2D eigenvalue weighted by Crippen LogP contribution is 2.06. The zero-order valence-electron chi connectivity index (χ0n) is 11.4. The molecule has 0 radical (unpaired) electrons. The molecule has 1 fully saturated rings. The number of hydrogen-bond donors (Lipinski definition) is 2. The van der Waals surface area contributed by atoms with Gasteiger partial charge >= 0.3 is 6.09 Å². The number of carbonyl (C=O) groups is 1. The average Bonchev–Trinajstić information content (AvgIpc) is 2.25. The Morgan fingerprint density at radius 1 is 1.44 bits per heavy atom. The van der Waals surface area contributed by atoms with Crippen molar-refractivity contribution in [1.29, 1.82) is 0 Å². The summed E-state index contributed by atoms with van der Waals surface area (Å²) in [6.07, 6.45) is -1.08. The molecule has 0 spiro atoms. The van der Waals surface area contributed by atoms with Crippen molar-refractivity contribution < 1.29 is 19.4 Å². The number of nitrogens with zero attached hydrogens (tertiary/aromatic N) is 1. The fraction of sp³-hybridized carbons (Fsp3) is 0.917. The van der Waals surface area contributed by atoms with Gasteiger partial charge in [-0.1, -0.05) is 0 Å². The molecule has 1 aliphatic rings. The molecule has 0 saturated carbocycles. The Kier molecular flexibility index (Phi) is 5.84. The van der Waals surface area contributed by atoms with Crippen molar-refractivity contribution in [2.75, 3.05) is 39.4 Å². The van der Waals surface area contributed by atoms with E-state index in [1.165, 1.54) is 0 Å². The Labute approximate surface area is 108 Å². The monoisotopic (exact) mass is 260 g/mol. The van der Waals surface area contributed by atoms with Crippen LogP contribution in [0.2, 0.25) is 0 Å². The molecule has 18 heavy (non-hydrogen) atoms. The number of hydrogen-bond acceptors (Lipinski definition) is 5. The first-order chi connectivity index (χ1) is 8.37. The highest BCUT2D eigenvalue weighted by molar-refractivity contribution is 5.67. The largest absolute Gasteiger partial charge is 0.444 e. The van der Waals surface area contributed by atoms with Gasteiger partial charge in [-0.05, 0) is 20.8 Å².